The predicted molar refractivity (Wildman–Crippen MR) is 62.8 cm³/mol. The Hall–Kier alpha value is -1.68. The smallest absolute Gasteiger partial charge is 0.175 e. The van der Waals surface area contributed by atoms with Crippen LogP contribution in [0.5, 0.6) is 0 Å². The van der Waals surface area contributed by atoms with Gasteiger partial charge in [-0.3, -0.25) is 4.98 Å². The molecule has 0 aliphatic heterocycles. The first-order valence-electron chi connectivity index (χ1n) is 4.78. The number of nitrogens with zero attached hydrogens (tertiary/aromatic N) is 1. The molecule has 82 valence electrons. The van der Waals surface area contributed by atoms with E-state index in [0.29, 0.717) is 4.90 Å². The van der Waals surface area contributed by atoms with E-state index in [9.17, 15) is 8.42 Å². The highest BCUT2D eigenvalue weighted by Gasteiger charge is 2.07. The summed E-state index contributed by atoms with van der Waals surface area (Å²) in [4.78, 5) is 4.33. The van der Waals surface area contributed by atoms with E-state index >= 15 is 0 Å². The van der Waals surface area contributed by atoms with E-state index in [0.717, 1.165) is 11.1 Å². The van der Waals surface area contributed by atoms with Crippen molar-refractivity contribution in [2.45, 2.75) is 4.90 Å². The Morgan fingerprint density at radius 1 is 1.06 bits per heavy atom. The van der Waals surface area contributed by atoms with E-state index in [1.807, 2.05) is 18.2 Å². The average molecular weight is 233 g/mol. The molecule has 0 N–H and O–H groups in total. The second kappa shape index (κ2) is 4.06. The lowest BCUT2D eigenvalue weighted by Crippen LogP contribution is -1.96. The van der Waals surface area contributed by atoms with Gasteiger partial charge in [0, 0.05) is 24.2 Å². The normalized spacial score (nSPS) is 11.3. The maximum Gasteiger partial charge on any atom is 0.175 e. The average Bonchev–Trinajstić information content (AvgIpc) is 2.29. The number of rotatable bonds is 2. The van der Waals surface area contributed by atoms with Gasteiger partial charge in [-0.25, -0.2) is 8.42 Å². The first-order valence-corrected chi connectivity index (χ1v) is 6.67. The van der Waals surface area contributed by atoms with Crippen LogP contribution in [0.4, 0.5) is 0 Å². The molecular weight excluding hydrogens is 222 g/mol. The highest BCUT2D eigenvalue weighted by atomic mass is 32.2. The Bertz CT molecular complexity index is 591. The van der Waals surface area contributed by atoms with E-state index in [1.165, 1.54) is 6.26 Å². The summed E-state index contributed by atoms with van der Waals surface area (Å²) in [6, 6.07) is 10.6. The molecule has 0 fully saturated rings. The summed E-state index contributed by atoms with van der Waals surface area (Å²) in [5.74, 6) is 0. The zero-order valence-electron chi connectivity index (χ0n) is 8.79. The number of hydrogen-bond acceptors (Lipinski definition) is 3. The summed E-state index contributed by atoms with van der Waals surface area (Å²) < 4.78 is 22.8. The van der Waals surface area contributed by atoms with Crippen LogP contribution in [0, 0.1) is 0 Å². The highest BCUT2D eigenvalue weighted by Crippen LogP contribution is 2.21. The van der Waals surface area contributed by atoms with Crippen LogP contribution in [0.3, 0.4) is 0 Å². The van der Waals surface area contributed by atoms with Crippen LogP contribution in [-0.2, 0) is 9.84 Å². The van der Waals surface area contributed by atoms with Crippen LogP contribution in [0.25, 0.3) is 11.1 Å². The lowest BCUT2D eigenvalue weighted by atomic mass is 10.1. The van der Waals surface area contributed by atoms with E-state index in [-0.39, 0.29) is 0 Å². The number of pyridine rings is 1. The molecule has 1 aromatic heterocycles. The Morgan fingerprint density at radius 2 is 1.81 bits per heavy atom. The van der Waals surface area contributed by atoms with Crippen molar-refractivity contribution in [3.8, 4) is 11.1 Å². The van der Waals surface area contributed by atoms with Gasteiger partial charge in [0.1, 0.15) is 0 Å². The van der Waals surface area contributed by atoms with Crippen molar-refractivity contribution < 1.29 is 8.42 Å². The first-order chi connectivity index (χ1) is 7.57. The van der Waals surface area contributed by atoms with E-state index in [2.05, 4.69) is 4.98 Å². The second-order valence-electron chi connectivity index (χ2n) is 3.54. The summed E-state index contributed by atoms with van der Waals surface area (Å²) in [6.07, 6.45) is 4.60. The summed E-state index contributed by atoms with van der Waals surface area (Å²) in [5.41, 5.74) is 1.77. The molecule has 2 aromatic rings. The van der Waals surface area contributed by atoms with Crippen LogP contribution in [0.15, 0.2) is 53.7 Å². The minimum Gasteiger partial charge on any atom is -0.264 e. The molecule has 16 heavy (non-hydrogen) atoms. The molecule has 0 aliphatic carbocycles. The monoisotopic (exact) mass is 233 g/mol. The molecule has 0 atom stereocenters. The van der Waals surface area contributed by atoms with Crippen LogP contribution in [0.2, 0.25) is 0 Å². The maximum atomic E-state index is 11.4. The Labute approximate surface area is 94.7 Å². The molecule has 0 aliphatic rings. The van der Waals surface area contributed by atoms with Crippen molar-refractivity contribution in [3.63, 3.8) is 0 Å². The van der Waals surface area contributed by atoms with Crippen molar-refractivity contribution in [1.29, 1.82) is 0 Å². The second-order valence-corrected chi connectivity index (χ2v) is 5.56. The third-order valence-corrected chi connectivity index (χ3v) is 3.37. The third kappa shape index (κ3) is 2.28. The van der Waals surface area contributed by atoms with E-state index in [1.54, 1.807) is 30.6 Å². The van der Waals surface area contributed by atoms with Crippen molar-refractivity contribution in [2.75, 3.05) is 6.26 Å². The molecular formula is C12H11NO2S. The third-order valence-electron chi connectivity index (χ3n) is 2.26. The fourth-order valence-corrected chi connectivity index (χ4v) is 2.11. The van der Waals surface area contributed by atoms with Gasteiger partial charge in [0.05, 0.1) is 4.90 Å². The molecule has 3 nitrogen and oxygen atoms in total. The van der Waals surface area contributed by atoms with E-state index in [4.69, 9.17) is 0 Å². The van der Waals surface area contributed by atoms with Crippen LogP contribution < -0.4 is 0 Å². The quantitative estimate of drug-likeness (QED) is 0.798. The zero-order valence-corrected chi connectivity index (χ0v) is 9.61. The summed E-state index contributed by atoms with van der Waals surface area (Å²) in [7, 11) is -3.15. The van der Waals surface area contributed by atoms with Gasteiger partial charge in [-0.05, 0) is 23.8 Å². The molecule has 1 aromatic carbocycles. The zero-order chi connectivity index (χ0) is 11.6. The molecule has 0 bridgehead atoms. The summed E-state index contributed by atoms with van der Waals surface area (Å²) in [5, 5.41) is 0. The molecule has 0 saturated carbocycles. The number of aromatic nitrogens is 1. The van der Waals surface area contributed by atoms with Gasteiger partial charge < -0.3 is 0 Å². The van der Waals surface area contributed by atoms with Crippen LogP contribution in [-0.4, -0.2) is 19.7 Å². The van der Waals surface area contributed by atoms with Gasteiger partial charge in [0.2, 0.25) is 0 Å². The van der Waals surface area contributed by atoms with E-state index < -0.39 is 9.84 Å². The van der Waals surface area contributed by atoms with Gasteiger partial charge in [0.15, 0.2) is 9.84 Å². The molecule has 0 saturated heterocycles. The fraction of sp³-hybridized carbons (Fsp3) is 0.0833. The Morgan fingerprint density at radius 3 is 2.44 bits per heavy atom. The van der Waals surface area contributed by atoms with Crippen molar-refractivity contribution >= 4 is 9.84 Å². The topological polar surface area (TPSA) is 47.0 Å². The van der Waals surface area contributed by atoms with Crippen molar-refractivity contribution in [2.24, 2.45) is 0 Å². The lowest BCUT2D eigenvalue weighted by molar-refractivity contribution is 0.602. The lowest BCUT2D eigenvalue weighted by Gasteiger charge is -2.03. The summed E-state index contributed by atoms with van der Waals surface area (Å²) in [6.45, 7) is 0. The molecule has 0 spiro atoms. The Kier molecular flexibility index (Phi) is 2.75. The van der Waals surface area contributed by atoms with Crippen molar-refractivity contribution in [3.05, 3.63) is 48.8 Å². The largest absolute Gasteiger partial charge is 0.264 e. The van der Waals surface area contributed by atoms with Crippen molar-refractivity contribution in [1.82, 2.24) is 4.98 Å². The van der Waals surface area contributed by atoms with Gasteiger partial charge in [-0.1, -0.05) is 18.2 Å². The van der Waals surface area contributed by atoms with Gasteiger partial charge in [-0.15, -0.1) is 0 Å². The fourth-order valence-electron chi connectivity index (χ4n) is 1.44. The van der Waals surface area contributed by atoms with Crippen LogP contribution >= 0.6 is 0 Å². The van der Waals surface area contributed by atoms with Gasteiger partial charge in [-0.2, -0.15) is 0 Å². The minimum atomic E-state index is -3.15. The molecule has 0 unspecified atom stereocenters. The molecule has 2 rings (SSSR count). The molecule has 0 amide bonds. The standard InChI is InChI=1S/C12H11NO2S/c1-16(14,15)12-6-2-4-10(8-12)11-5-3-7-13-9-11/h2-9H,1H3. The molecule has 4 heteroatoms. The maximum absolute atomic E-state index is 11.4. The van der Waals surface area contributed by atoms with Gasteiger partial charge in [0.25, 0.3) is 0 Å². The first kappa shape index (κ1) is 10.8. The number of sulfone groups is 1. The molecule has 0 radical (unpaired) electrons. The molecule has 1 heterocycles. The number of hydrogen-bond donors (Lipinski definition) is 0. The van der Waals surface area contributed by atoms with Crippen LogP contribution in [0.1, 0.15) is 0 Å². The highest BCUT2D eigenvalue weighted by molar-refractivity contribution is 7.90. The SMILES string of the molecule is CS(=O)(=O)c1cccc(-c2cccnc2)c1. The summed E-state index contributed by atoms with van der Waals surface area (Å²) >= 11 is 0. The number of benzene rings is 1. The van der Waals surface area contributed by atoms with Gasteiger partial charge >= 0.3 is 0 Å². The Balaban J connectivity index is 2.53. The predicted octanol–water partition coefficient (Wildman–Crippen LogP) is 2.15. The minimum absolute atomic E-state index is 0.328.